The van der Waals surface area contributed by atoms with Gasteiger partial charge in [0.25, 0.3) is 0 Å². The maximum absolute atomic E-state index is 14.2. The van der Waals surface area contributed by atoms with E-state index in [2.05, 4.69) is 21.9 Å². The third-order valence-corrected chi connectivity index (χ3v) is 9.59. The molecule has 3 fully saturated rings. The molecule has 1 N–H and O–H groups in total. The predicted octanol–water partition coefficient (Wildman–Crippen LogP) is 6.09. The second-order valence-electron chi connectivity index (χ2n) is 12.2. The van der Waals surface area contributed by atoms with E-state index >= 15 is 0 Å². The van der Waals surface area contributed by atoms with Gasteiger partial charge in [-0.1, -0.05) is 49.9 Å². The summed E-state index contributed by atoms with van der Waals surface area (Å²) in [6.45, 7) is 4.56. The van der Waals surface area contributed by atoms with Gasteiger partial charge in [-0.3, -0.25) is 9.69 Å². The number of aliphatic carboxylic acids is 1. The Bertz CT molecular complexity index is 1150. The molecule has 2 heterocycles. The van der Waals surface area contributed by atoms with Gasteiger partial charge >= 0.3 is 5.97 Å². The smallest absolute Gasteiger partial charge is 0.320 e. The van der Waals surface area contributed by atoms with Crippen molar-refractivity contribution in [2.75, 3.05) is 32.7 Å². The van der Waals surface area contributed by atoms with Crippen molar-refractivity contribution < 1.29 is 14.3 Å². The molecule has 6 heteroatoms. The normalized spacial score (nSPS) is 23.8. The van der Waals surface area contributed by atoms with E-state index in [9.17, 15) is 14.3 Å². The number of hydrogen-bond acceptors (Lipinski definition) is 4. The monoisotopic (exact) mass is 531 g/mol. The van der Waals surface area contributed by atoms with Crippen LogP contribution in [0, 0.1) is 34.9 Å². The summed E-state index contributed by atoms with van der Waals surface area (Å²) < 4.78 is 14.2. The van der Waals surface area contributed by atoms with Crippen molar-refractivity contribution in [1.29, 1.82) is 5.26 Å². The minimum Gasteiger partial charge on any atom is -0.480 e. The SMILES string of the molecule is N#Cc1cccc(CCCC2CCN(CC3CN(C(CC4CCC4)C(=O)O)CC3c3cccc(F)c3)CC2)c1. The summed E-state index contributed by atoms with van der Waals surface area (Å²) in [6.07, 6.45) is 10.0. The number of nitrogens with zero attached hydrogens (tertiary/aromatic N) is 3. The highest BCUT2D eigenvalue weighted by atomic mass is 19.1. The standard InChI is InChI=1S/C33H42FN3O2/c34-30-12-4-11-28(19-30)31-23-37(32(33(38)39)18-26-8-2-9-26)22-29(31)21-36-15-13-24(14-16-36)5-1-6-25-7-3-10-27(17-25)20-35/h3-4,7,10-12,17,19,24,26,29,31-32H,1-2,5-6,8-9,13-16,18,21-23H2,(H,38,39). The Morgan fingerprint density at radius 3 is 2.54 bits per heavy atom. The first kappa shape index (κ1) is 27.8. The van der Waals surface area contributed by atoms with Gasteiger partial charge in [-0.25, -0.2) is 4.39 Å². The zero-order valence-corrected chi connectivity index (χ0v) is 23.0. The van der Waals surface area contributed by atoms with E-state index in [1.165, 1.54) is 37.3 Å². The third kappa shape index (κ3) is 7.26. The summed E-state index contributed by atoms with van der Waals surface area (Å²) in [7, 11) is 0. The first-order valence-corrected chi connectivity index (χ1v) is 14.9. The van der Waals surface area contributed by atoms with E-state index in [4.69, 9.17) is 5.26 Å². The summed E-state index contributed by atoms with van der Waals surface area (Å²) in [4.78, 5) is 17.0. The van der Waals surface area contributed by atoms with E-state index in [1.54, 1.807) is 12.1 Å². The van der Waals surface area contributed by atoms with Gasteiger partial charge in [0.15, 0.2) is 0 Å². The maximum Gasteiger partial charge on any atom is 0.320 e. The highest BCUT2D eigenvalue weighted by molar-refractivity contribution is 5.73. The minimum atomic E-state index is -0.708. The zero-order chi connectivity index (χ0) is 27.2. The highest BCUT2D eigenvalue weighted by Gasteiger charge is 2.41. The quantitative estimate of drug-likeness (QED) is 0.380. The van der Waals surface area contributed by atoms with Crippen molar-refractivity contribution >= 4 is 5.97 Å². The topological polar surface area (TPSA) is 67.6 Å². The number of halogens is 1. The van der Waals surface area contributed by atoms with Crippen molar-refractivity contribution in [3.63, 3.8) is 0 Å². The van der Waals surface area contributed by atoms with Crippen LogP contribution in [0.5, 0.6) is 0 Å². The van der Waals surface area contributed by atoms with Crippen molar-refractivity contribution in [3.05, 3.63) is 71.0 Å². The lowest BCUT2D eigenvalue weighted by Gasteiger charge is -2.35. The molecule has 0 bridgehead atoms. The molecule has 0 spiro atoms. The fraction of sp³-hybridized carbons (Fsp3) is 0.576. The minimum absolute atomic E-state index is 0.158. The average Bonchev–Trinajstić information content (AvgIpc) is 3.32. The number of carboxylic acid groups (broad SMARTS) is 1. The molecular formula is C33H42FN3O2. The largest absolute Gasteiger partial charge is 0.480 e. The second kappa shape index (κ2) is 13.1. The Hall–Kier alpha value is -2.75. The molecule has 2 saturated heterocycles. The van der Waals surface area contributed by atoms with E-state index in [0.717, 1.165) is 75.3 Å². The number of hydrogen-bond donors (Lipinski definition) is 1. The van der Waals surface area contributed by atoms with Crippen molar-refractivity contribution in [1.82, 2.24) is 9.80 Å². The molecule has 1 saturated carbocycles. The number of benzene rings is 2. The van der Waals surface area contributed by atoms with Crippen LogP contribution in [0.25, 0.3) is 0 Å². The van der Waals surface area contributed by atoms with Gasteiger partial charge in [0.1, 0.15) is 11.9 Å². The Morgan fingerprint density at radius 1 is 1.05 bits per heavy atom. The molecule has 0 radical (unpaired) electrons. The predicted molar refractivity (Wildman–Crippen MR) is 151 cm³/mol. The molecule has 208 valence electrons. The van der Waals surface area contributed by atoms with E-state index in [0.29, 0.717) is 18.4 Å². The Kier molecular flexibility index (Phi) is 9.32. The lowest BCUT2D eigenvalue weighted by Crippen LogP contribution is -2.43. The molecule has 1 aliphatic carbocycles. The zero-order valence-electron chi connectivity index (χ0n) is 23.0. The molecule has 5 rings (SSSR count). The first-order valence-electron chi connectivity index (χ1n) is 14.9. The Balaban J connectivity index is 1.16. The summed E-state index contributed by atoms with van der Waals surface area (Å²) in [6, 6.07) is 16.7. The van der Waals surface area contributed by atoms with Gasteiger partial charge in [-0.15, -0.1) is 0 Å². The Labute approximate surface area is 232 Å². The molecule has 3 unspecified atom stereocenters. The lowest BCUT2D eigenvalue weighted by molar-refractivity contribution is -0.144. The molecular weight excluding hydrogens is 489 g/mol. The third-order valence-electron chi connectivity index (χ3n) is 9.59. The summed E-state index contributed by atoms with van der Waals surface area (Å²) in [5.41, 5.74) is 2.99. The van der Waals surface area contributed by atoms with E-state index < -0.39 is 12.0 Å². The number of carboxylic acids is 1. The molecule has 2 aromatic rings. The molecule has 3 aliphatic rings. The fourth-order valence-corrected chi connectivity index (χ4v) is 7.09. The second-order valence-corrected chi connectivity index (χ2v) is 12.2. The number of carbonyl (C=O) groups is 1. The van der Waals surface area contributed by atoms with Crippen LogP contribution in [-0.2, 0) is 11.2 Å². The fourth-order valence-electron chi connectivity index (χ4n) is 7.09. The maximum atomic E-state index is 14.2. The molecule has 0 amide bonds. The number of aryl methyl sites for hydroxylation is 1. The number of nitriles is 1. The van der Waals surface area contributed by atoms with Crippen LogP contribution in [0.3, 0.4) is 0 Å². The van der Waals surface area contributed by atoms with Crippen molar-refractivity contribution in [2.45, 2.75) is 69.7 Å². The van der Waals surface area contributed by atoms with Crippen LogP contribution in [-0.4, -0.2) is 59.6 Å². The molecule has 2 aliphatic heterocycles. The summed E-state index contributed by atoms with van der Waals surface area (Å²) >= 11 is 0. The molecule has 39 heavy (non-hydrogen) atoms. The van der Waals surface area contributed by atoms with Crippen LogP contribution >= 0.6 is 0 Å². The summed E-state index contributed by atoms with van der Waals surface area (Å²) in [5, 5.41) is 19.2. The van der Waals surface area contributed by atoms with Gasteiger partial charge in [-0.05, 0) is 98.3 Å². The number of rotatable bonds is 11. The van der Waals surface area contributed by atoms with Crippen LogP contribution in [0.15, 0.2) is 48.5 Å². The van der Waals surface area contributed by atoms with Gasteiger partial charge in [-0.2, -0.15) is 5.26 Å². The van der Waals surface area contributed by atoms with E-state index in [-0.39, 0.29) is 11.7 Å². The van der Waals surface area contributed by atoms with E-state index in [1.807, 2.05) is 24.3 Å². The molecule has 2 aromatic carbocycles. The van der Waals surface area contributed by atoms with Crippen LogP contribution in [0.1, 0.15) is 74.0 Å². The van der Waals surface area contributed by atoms with Gasteiger partial charge in [0.05, 0.1) is 11.6 Å². The van der Waals surface area contributed by atoms with Gasteiger partial charge in [0, 0.05) is 25.6 Å². The van der Waals surface area contributed by atoms with Crippen molar-refractivity contribution in [3.8, 4) is 6.07 Å². The first-order chi connectivity index (χ1) is 19.0. The molecule has 3 atom stereocenters. The molecule has 0 aromatic heterocycles. The van der Waals surface area contributed by atoms with Gasteiger partial charge in [0.2, 0.25) is 0 Å². The van der Waals surface area contributed by atoms with Crippen LogP contribution in [0.4, 0.5) is 4.39 Å². The van der Waals surface area contributed by atoms with Crippen molar-refractivity contribution in [2.24, 2.45) is 17.8 Å². The highest BCUT2D eigenvalue weighted by Crippen LogP contribution is 2.38. The number of likely N-dealkylation sites (tertiary alicyclic amines) is 2. The van der Waals surface area contributed by atoms with Crippen LogP contribution < -0.4 is 0 Å². The lowest BCUT2D eigenvalue weighted by atomic mass is 9.80. The Morgan fingerprint density at radius 2 is 1.85 bits per heavy atom. The molecule has 5 nitrogen and oxygen atoms in total. The number of piperidine rings is 1. The van der Waals surface area contributed by atoms with Gasteiger partial charge < -0.3 is 10.0 Å². The van der Waals surface area contributed by atoms with Crippen LogP contribution in [0.2, 0.25) is 0 Å². The average molecular weight is 532 g/mol. The summed E-state index contributed by atoms with van der Waals surface area (Å²) in [5.74, 6) is 0.810.